The third-order valence-electron chi connectivity index (χ3n) is 4.19. The van der Waals surface area contributed by atoms with Gasteiger partial charge in [0.1, 0.15) is 5.78 Å². The summed E-state index contributed by atoms with van der Waals surface area (Å²) in [4.78, 5) is 50.0. The molecule has 11 nitrogen and oxygen atoms in total. The first-order chi connectivity index (χ1) is 17.8. The van der Waals surface area contributed by atoms with Crippen molar-refractivity contribution in [1.29, 1.82) is 0 Å². The van der Waals surface area contributed by atoms with Gasteiger partial charge in [-0.15, -0.1) is 0 Å². The predicted octanol–water partition coefficient (Wildman–Crippen LogP) is 5.68. The van der Waals surface area contributed by atoms with Crippen LogP contribution in [0.1, 0.15) is 91.0 Å². The molecule has 0 aliphatic heterocycles. The van der Waals surface area contributed by atoms with Crippen molar-refractivity contribution < 1.29 is 28.7 Å². The Morgan fingerprint density at radius 3 is 0.976 bits per heavy atom. The molecule has 0 bridgehead atoms. The van der Waals surface area contributed by atoms with Gasteiger partial charge in [-0.2, -0.15) is 0 Å². The average Bonchev–Trinajstić information content (AvgIpc) is 2.84. The number of ether oxygens (including phenoxy) is 2. The van der Waals surface area contributed by atoms with E-state index >= 15 is 0 Å². The van der Waals surface area contributed by atoms with Gasteiger partial charge in [0.05, 0.1) is 13.2 Å². The lowest BCUT2D eigenvalue weighted by Crippen LogP contribution is -2.29. The highest BCUT2D eigenvalue weighted by molar-refractivity contribution is 5.74. The van der Waals surface area contributed by atoms with Crippen LogP contribution in [0.4, 0.5) is 4.79 Å². The molecule has 0 heterocycles. The minimum Gasteiger partial charge on any atom is -0.466 e. The van der Waals surface area contributed by atoms with Crippen molar-refractivity contribution in [3.8, 4) is 0 Å². The highest BCUT2D eigenvalue weighted by Gasteiger charge is 1.99. The quantitative estimate of drug-likeness (QED) is 0.252. The fourth-order valence-electron chi connectivity index (χ4n) is 1.26. The Balaban J connectivity index is -0.0000000442. The van der Waals surface area contributed by atoms with Crippen LogP contribution in [0.2, 0.25) is 0 Å². The third-order valence-corrected chi connectivity index (χ3v) is 4.19. The summed E-state index contributed by atoms with van der Waals surface area (Å²) in [6, 6.07) is 0. The number of nitrogens with zero attached hydrogens (tertiary/aromatic N) is 5. The number of hydrogen-bond acceptors (Lipinski definition) is 9. The lowest BCUT2D eigenvalue weighted by molar-refractivity contribution is -0.140. The maximum absolute atomic E-state index is 10.4. The summed E-state index contributed by atoms with van der Waals surface area (Å²) >= 11 is 0. The molecule has 2 amide bonds. The molecule has 0 aromatic rings. The number of rotatable bonds is 8. The summed E-state index contributed by atoms with van der Waals surface area (Å²) in [6.07, 6.45) is 0.382. The molecule has 0 radical (unpaired) electrons. The second-order valence-corrected chi connectivity index (χ2v) is 8.90. The van der Waals surface area contributed by atoms with E-state index in [1.165, 1.54) is 11.8 Å². The molecule has 262 valence electrons. The van der Waals surface area contributed by atoms with Gasteiger partial charge in [0.15, 0.2) is 0 Å². The lowest BCUT2D eigenvalue weighted by atomic mass is 10.4. The van der Waals surface area contributed by atoms with Crippen LogP contribution in [0.5, 0.6) is 0 Å². The van der Waals surface area contributed by atoms with E-state index in [9.17, 15) is 19.2 Å². The fraction of sp³-hybridized carbons (Fsp3) is 0.871. The van der Waals surface area contributed by atoms with Crippen molar-refractivity contribution in [3.63, 3.8) is 0 Å². The van der Waals surface area contributed by atoms with Gasteiger partial charge in [0.25, 0.3) is 0 Å². The first-order valence-electron chi connectivity index (χ1n) is 13.5. The van der Waals surface area contributed by atoms with Crippen LogP contribution in [0.15, 0.2) is 0 Å². The molecule has 0 aliphatic rings. The highest BCUT2D eigenvalue weighted by atomic mass is 16.6. The molecule has 0 aromatic carbocycles. The van der Waals surface area contributed by atoms with Crippen molar-refractivity contribution in [1.82, 2.24) is 24.5 Å². The minimum absolute atomic E-state index is 0. The van der Waals surface area contributed by atoms with Crippen molar-refractivity contribution in [2.24, 2.45) is 0 Å². The molecular weight excluding hydrogens is 538 g/mol. The van der Waals surface area contributed by atoms with Gasteiger partial charge in [0.2, 0.25) is 5.91 Å². The fourth-order valence-corrected chi connectivity index (χ4v) is 1.26. The Hall–Kier alpha value is -2.24. The van der Waals surface area contributed by atoms with Gasteiger partial charge >= 0.3 is 12.1 Å². The van der Waals surface area contributed by atoms with Crippen LogP contribution < -0.4 is 0 Å². The lowest BCUT2D eigenvalue weighted by Gasteiger charge is -2.18. The molecule has 0 atom stereocenters. The number of amides is 2. The Morgan fingerprint density at radius 2 is 0.929 bits per heavy atom. The van der Waals surface area contributed by atoms with Gasteiger partial charge < -0.3 is 29.0 Å². The molecule has 11 heteroatoms. The van der Waals surface area contributed by atoms with Crippen LogP contribution in [0.25, 0.3) is 0 Å². The molecule has 0 spiro atoms. The molecular formula is C31H77N5O6. The first kappa shape index (κ1) is 63.1. The molecule has 0 saturated heterocycles. The van der Waals surface area contributed by atoms with Gasteiger partial charge in [0, 0.05) is 54.6 Å². The minimum atomic E-state index is -0.285. The smallest absolute Gasteiger partial charge is 0.409 e. The summed E-state index contributed by atoms with van der Waals surface area (Å²) in [6.45, 7) is 21.2. The van der Waals surface area contributed by atoms with E-state index in [-0.39, 0.29) is 46.0 Å². The number of carbonyl (C=O) groups is 4. The van der Waals surface area contributed by atoms with E-state index < -0.39 is 0 Å². The maximum Gasteiger partial charge on any atom is 0.409 e. The molecule has 0 saturated carbocycles. The van der Waals surface area contributed by atoms with Crippen molar-refractivity contribution >= 4 is 23.8 Å². The van der Waals surface area contributed by atoms with E-state index in [4.69, 9.17) is 0 Å². The SMILES string of the molecule is C.C.C.CCC(C)=O.CCN(C)C.CCN(C)C(C)=O.CCN(C)CN(C)C.CCOC(=O)N(C)C.CCOC(C)=O. The first-order valence-corrected chi connectivity index (χ1v) is 13.5. The molecule has 42 heavy (non-hydrogen) atoms. The number of Topliss-reactive ketones (excluding diaryl/α,β-unsaturated/α-hetero) is 1. The maximum atomic E-state index is 10.4. The summed E-state index contributed by atoms with van der Waals surface area (Å²) in [5.41, 5.74) is 0. The second kappa shape index (κ2) is 48.5. The molecule has 0 unspecified atom stereocenters. The monoisotopic (exact) mass is 616 g/mol. The van der Waals surface area contributed by atoms with Gasteiger partial charge in [-0.05, 0) is 76.0 Å². The number of esters is 1. The topological polar surface area (TPSA) is 103 Å². The van der Waals surface area contributed by atoms with Gasteiger partial charge in [-0.1, -0.05) is 43.1 Å². The van der Waals surface area contributed by atoms with Crippen LogP contribution in [0, 0.1) is 0 Å². The van der Waals surface area contributed by atoms with Crippen molar-refractivity contribution in [3.05, 3.63) is 0 Å². The Morgan fingerprint density at radius 1 is 0.571 bits per heavy atom. The van der Waals surface area contributed by atoms with Crippen LogP contribution in [-0.4, -0.2) is 144 Å². The van der Waals surface area contributed by atoms with Crippen molar-refractivity contribution in [2.45, 2.75) is 91.0 Å². The van der Waals surface area contributed by atoms with Gasteiger partial charge in [-0.25, -0.2) is 4.79 Å². The van der Waals surface area contributed by atoms with E-state index in [0.717, 1.165) is 26.3 Å². The normalized spacial score (nSPS) is 8.29. The Kier molecular flexibility index (Phi) is 72.9. The van der Waals surface area contributed by atoms with Crippen molar-refractivity contribution in [2.75, 3.05) is 95.9 Å². The van der Waals surface area contributed by atoms with E-state index in [1.807, 2.05) is 13.8 Å². The van der Waals surface area contributed by atoms with Crippen LogP contribution in [-0.2, 0) is 23.9 Å². The Labute approximate surface area is 263 Å². The summed E-state index contributed by atoms with van der Waals surface area (Å²) in [5, 5.41) is 0. The van der Waals surface area contributed by atoms with E-state index in [2.05, 4.69) is 73.3 Å². The number of carbonyl (C=O) groups excluding carboxylic acids is 4. The Bertz CT molecular complexity index is 560. The zero-order chi connectivity index (χ0) is 32.6. The largest absolute Gasteiger partial charge is 0.466 e. The number of hydrogen-bond donors (Lipinski definition) is 0. The number of ketones is 1. The van der Waals surface area contributed by atoms with Gasteiger partial charge in [-0.3, -0.25) is 19.4 Å². The molecule has 0 aliphatic carbocycles. The van der Waals surface area contributed by atoms with E-state index in [0.29, 0.717) is 19.6 Å². The molecule has 0 aromatic heterocycles. The second-order valence-electron chi connectivity index (χ2n) is 8.90. The average molecular weight is 616 g/mol. The predicted molar refractivity (Wildman–Crippen MR) is 184 cm³/mol. The zero-order valence-electron chi connectivity index (χ0n) is 28.6. The molecule has 0 rings (SSSR count). The van der Waals surface area contributed by atoms with Crippen LogP contribution in [0.3, 0.4) is 0 Å². The highest BCUT2D eigenvalue weighted by Crippen LogP contribution is 1.83. The van der Waals surface area contributed by atoms with Crippen LogP contribution >= 0.6 is 0 Å². The van der Waals surface area contributed by atoms with E-state index in [1.54, 1.807) is 53.7 Å². The molecule has 0 N–H and O–H groups in total. The summed E-state index contributed by atoms with van der Waals surface area (Å²) < 4.78 is 8.99. The molecule has 0 fully saturated rings. The summed E-state index contributed by atoms with van der Waals surface area (Å²) in [7, 11) is 15.5. The zero-order valence-corrected chi connectivity index (χ0v) is 28.6. The summed E-state index contributed by atoms with van der Waals surface area (Å²) in [5.74, 6) is 0.171. The standard InChI is InChI=1S/C6H16N2.C5H11NO2.C5H11NO.C4H11N.C4H8O2.C4H8O.3CH4/c1-5-8(4)6-7(2)3;1-4-8-5(7)6(2)3;1-4-6(3)5(2)7;1-4-5(2)3;1-3-6-4(2)5;1-3-4(2)5;;;/h5-6H2,1-4H3;4H2,1-3H3;4H2,1-3H3;4H2,1-3H3;3H2,1-2H3;3H2,1-2H3;3*1H4. The third kappa shape index (κ3) is 90.4.